The van der Waals surface area contributed by atoms with Crippen LogP contribution in [-0.4, -0.2) is 54.5 Å². The van der Waals surface area contributed by atoms with Gasteiger partial charge < -0.3 is 14.9 Å². The number of ether oxygens (including phenoxy) is 1. The van der Waals surface area contributed by atoms with Gasteiger partial charge in [-0.2, -0.15) is 0 Å². The van der Waals surface area contributed by atoms with Gasteiger partial charge in [0.1, 0.15) is 0 Å². The molecule has 0 aliphatic carbocycles. The molecule has 0 fully saturated rings. The number of aliphatic hydroxyl groups is 1. The highest BCUT2D eigenvalue weighted by Crippen LogP contribution is 2.07. The molecule has 1 atom stereocenters. The van der Waals surface area contributed by atoms with Crippen molar-refractivity contribution in [3.05, 3.63) is 35.4 Å². The van der Waals surface area contributed by atoms with Crippen LogP contribution < -0.4 is 0 Å². The molecule has 1 aromatic rings. The monoisotopic (exact) mass is 253 g/mol. The zero-order valence-electron chi connectivity index (χ0n) is 10.7. The summed E-state index contributed by atoms with van der Waals surface area (Å²) in [4.78, 5) is 12.7. The Hall–Kier alpha value is -1.43. The second-order valence-corrected chi connectivity index (χ2v) is 4.31. The first-order chi connectivity index (χ1) is 8.52. The van der Waals surface area contributed by atoms with Crippen LogP contribution in [0.1, 0.15) is 15.9 Å². The van der Waals surface area contributed by atoms with Gasteiger partial charge in [-0.3, -0.25) is 4.90 Å². The minimum absolute atomic E-state index is 0.279. The maximum Gasteiger partial charge on any atom is 0.335 e. The van der Waals surface area contributed by atoms with Crippen LogP contribution in [0.25, 0.3) is 0 Å². The number of methoxy groups -OCH3 is 1. The van der Waals surface area contributed by atoms with E-state index < -0.39 is 12.1 Å². The van der Waals surface area contributed by atoms with E-state index >= 15 is 0 Å². The topological polar surface area (TPSA) is 70.0 Å². The minimum Gasteiger partial charge on any atom is -0.478 e. The summed E-state index contributed by atoms with van der Waals surface area (Å²) in [5, 5.41) is 18.3. The van der Waals surface area contributed by atoms with E-state index in [9.17, 15) is 9.90 Å². The molecule has 0 amide bonds. The number of aromatic carboxylic acids is 1. The van der Waals surface area contributed by atoms with Gasteiger partial charge in [0.05, 0.1) is 18.3 Å². The van der Waals surface area contributed by atoms with Gasteiger partial charge in [-0.15, -0.1) is 0 Å². The number of rotatable bonds is 7. The fraction of sp³-hybridized carbons (Fsp3) is 0.462. The molecule has 1 unspecified atom stereocenters. The van der Waals surface area contributed by atoms with Gasteiger partial charge in [-0.1, -0.05) is 12.1 Å². The molecule has 100 valence electrons. The van der Waals surface area contributed by atoms with Crippen LogP contribution in [0.4, 0.5) is 0 Å². The third-order valence-corrected chi connectivity index (χ3v) is 2.53. The Morgan fingerprint density at radius 3 is 2.50 bits per heavy atom. The van der Waals surface area contributed by atoms with E-state index in [1.165, 1.54) is 0 Å². The molecule has 0 heterocycles. The molecule has 1 rings (SSSR count). The highest BCUT2D eigenvalue weighted by atomic mass is 16.5. The third-order valence-electron chi connectivity index (χ3n) is 2.53. The number of hydrogen-bond acceptors (Lipinski definition) is 4. The van der Waals surface area contributed by atoms with Crippen molar-refractivity contribution in [2.75, 3.05) is 27.3 Å². The van der Waals surface area contributed by atoms with Gasteiger partial charge in [0, 0.05) is 20.2 Å². The molecular weight excluding hydrogens is 234 g/mol. The largest absolute Gasteiger partial charge is 0.478 e. The summed E-state index contributed by atoms with van der Waals surface area (Å²) in [6, 6.07) is 6.72. The Morgan fingerprint density at radius 1 is 1.39 bits per heavy atom. The van der Waals surface area contributed by atoms with Gasteiger partial charge in [-0.05, 0) is 24.7 Å². The van der Waals surface area contributed by atoms with E-state index in [1.807, 2.05) is 11.9 Å². The van der Waals surface area contributed by atoms with Crippen LogP contribution in [0.15, 0.2) is 24.3 Å². The van der Waals surface area contributed by atoms with Gasteiger partial charge in [-0.25, -0.2) is 4.79 Å². The zero-order valence-corrected chi connectivity index (χ0v) is 10.7. The molecule has 0 aliphatic rings. The first kappa shape index (κ1) is 14.6. The number of benzene rings is 1. The first-order valence-corrected chi connectivity index (χ1v) is 5.70. The van der Waals surface area contributed by atoms with E-state index in [0.717, 1.165) is 5.56 Å². The Labute approximate surface area is 107 Å². The smallest absolute Gasteiger partial charge is 0.335 e. The van der Waals surface area contributed by atoms with Gasteiger partial charge in [0.2, 0.25) is 0 Å². The maximum absolute atomic E-state index is 10.7. The van der Waals surface area contributed by atoms with Crippen LogP contribution in [0.2, 0.25) is 0 Å². The quantitative estimate of drug-likeness (QED) is 0.753. The number of aliphatic hydroxyl groups excluding tert-OH is 1. The lowest BCUT2D eigenvalue weighted by Crippen LogP contribution is -2.31. The zero-order chi connectivity index (χ0) is 13.5. The number of nitrogens with zero attached hydrogens (tertiary/aromatic N) is 1. The number of likely N-dealkylation sites (N-methyl/N-ethyl adjacent to an activating group) is 1. The fourth-order valence-corrected chi connectivity index (χ4v) is 1.73. The third kappa shape index (κ3) is 4.83. The standard InChI is InChI=1S/C13H19NO4/c1-14(8-12(15)9-18-2)7-10-3-5-11(6-4-10)13(16)17/h3-6,12,15H,7-9H2,1-2H3,(H,16,17). The molecule has 0 aromatic heterocycles. The Bertz CT molecular complexity index is 377. The predicted molar refractivity (Wildman–Crippen MR) is 67.6 cm³/mol. The molecule has 0 aliphatic heterocycles. The van der Waals surface area contributed by atoms with Crippen LogP contribution in [0.5, 0.6) is 0 Å². The van der Waals surface area contributed by atoms with Crippen LogP contribution in [0, 0.1) is 0 Å². The van der Waals surface area contributed by atoms with Crippen molar-refractivity contribution in [1.29, 1.82) is 0 Å². The summed E-state index contributed by atoms with van der Waals surface area (Å²) in [5.41, 5.74) is 1.29. The molecule has 0 saturated heterocycles. The van der Waals surface area contributed by atoms with Gasteiger partial charge in [0.15, 0.2) is 0 Å². The van der Waals surface area contributed by atoms with Crippen LogP contribution in [-0.2, 0) is 11.3 Å². The highest BCUT2D eigenvalue weighted by molar-refractivity contribution is 5.87. The highest BCUT2D eigenvalue weighted by Gasteiger charge is 2.08. The first-order valence-electron chi connectivity index (χ1n) is 5.70. The van der Waals surface area contributed by atoms with Crippen molar-refractivity contribution >= 4 is 5.97 Å². The van der Waals surface area contributed by atoms with E-state index in [1.54, 1.807) is 31.4 Å². The lowest BCUT2D eigenvalue weighted by atomic mass is 10.1. The minimum atomic E-state index is -0.926. The molecule has 0 bridgehead atoms. The molecule has 0 radical (unpaired) electrons. The molecule has 0 saturated carbocycles. The normalized spacial score (nSPS) is 12.7. The molecule has 5 heteroatoms. The van der Waals surface area contributed by atoms with Crippen LogP contribution >= 0.6 is 0 Å². The number of carboxylic acid groups (broad SMARTS) is 1. The molecule has 18 heavy (non-hydrogen) atoms. The SMILES string of the molecule is COCC(O)CN(C)Cc1ccc(C(=O)O)cc1. The van der Waals surface area contributed by atoms with Gasteiger partial charge in [0.25, 0.3) is 0 Å². The van der Waals surface area contributed by atoms with Crippen molar-refractivity contribution in [1.82, 2.24) is 4.90 Å². The summed E-state index contributed by atoms with van der Waals surface area (Å²) in [6.45, 7) is 1.47. The molecular formula is C13H19NO4. The summed E-state index contributed by atoms with van der Waals surface area (Å²) >= 11 is 0. The van der Waals surface area contributed by atoms with Crippen molar-refractivity contribution in [2.45, 2.75) is 12.6 Å². The molecule has 1 aromatic carbocycles. The predicted octanol–water partition coefficient (Wildman–Crippen LogP) is 0.824. The Balaban J connectivity index is 2.49. The average molecular weight is 253 g/mol. The number of carbonyl (C=O) groups is 1. The Kier molecular flexibility index (Phi) is 5.77. The fourth-order valence-electron chi connectivity index (χ4n) is 1.73. The molecule has 0 spiro atoms. The lowest BCUT2D eigenvalue weighted by Gasteiger charge is -2.20. The molecule has 5 nitrogen and oxygen atoms in total. The summed E-state index contributed by atoms with van der Waals surface area (Å²) in [5.74, 6) is -0.926. The molecule has 2 N–H and O–H groups in total. The summed E-state index contributed by atoms with van der Waals surface area (Å²) < 4.78 is 4.85. The van der Waals surface area contributed by atoms with E-state index in [-0.39, 0.29) is 5.56 Å². The van der Waals surface area contributed by atoms with E-state index in [2.05, 4.69) is 0 Å². The Morgan fingerprint density at radius 2 is 2.00 bits per heavy atom. The van der Waals surface area contributed by atoms with Crippen molar-refractivity contribution in [3.63, 3.8) is 0 Å². The number of hydrogen-bond donors (Lipinski definition) is 2. The summed E-state index contributed by atoms with van der Waals surface area (Å²) in [6.07, 6.45) is -0.515. The van der Waals surface area contributed by atoms with Crippen LogP contribution in [0.3, 0.4) is 0 Å². The maximum atomic E-state index is 10.7. The van der Waals surface area contributed by atoms with E-state index in [0.29, 0.717) is 19.7 Å². The van der Waals surface area contributed by atoms with E-state index in [4.69, 9.17) is 9.84 Å². The lowest BCUT2D eigenvalue weighted by molar-refractivity contribution is 0.0419. The number of carboxylic acids is 1. The van der Waals surface area contributed by atoms with Crippen molar-refractivity contribution in [2.24, 2.45) is 0 Å². The second kappa shape index (κ2) is 7.10. The average Bonchev–Trinajstić information content (AvgIpc) is 2.29. The van der Waals surface area contributed by atoms with Crippen molar-refractivity contribution in [3.8, 4) is 0 Å². The van der Waals surface area contributed by atoms with Crippen molar-refractivity contribution < 1.29 is 19.7 Å². The van der Waals surface area contributed by atoms with Gasteiger partial charge >= 0.3 is 5.97 Å². The second-order valence-electron chi connectivity index (χ2n) is 4.31. The summed E-state index contributed by atoms with van der Waals surface area (Å²) in [7, 11) is 3.44.